The van der Waals surface area contributed by atoms with E-state index in [4.69, 9.17) is 11.6 Å². The van der Waals surface area contributed by atoms with Crippen molar-refractivity contribution in [2.24, 2.45) is 5.10 Å². The molecule has 0 saturated carbocycles. The van der Waals surface area contributed by atoms with Crippen molar-refractivity contribution in [3.05, 3.63) is 22.8 Å². The van der Waals surface area contributed by atoms with E-state index in [1.165, 1.54) is 6.34 Å². The van der Waals surface area contributed by atoms with Crippen LogP contribution >= 0.6 is 11.6 Å². The van der Waals surface area contributed by atoms with Gasteiger partial charge in [0.25, 0.3) is 11.7 Å². The molecule has 1 amide bonds. The maximum absolute atomic E-state index is 12.4. The molecule has 0 aromatic carbocycles. The highest BCUT2D eigenvalue weighted by molar-refractivity contribution is 6.32. The first-order chi connectivity index (χ1) is 9.70. The summed E-state index contributed by atoms with van der Waals surface area (Å²) < 4.78 is 37.3. The molecule has 6 nitrogen and oxygen atoms in total. The highest BCUT2D eigenvalue weighted by Crippen LogP contribution is 2.30. The molecule has 0 fully saturated rings. The van der Waals surface area contributed by atoms with Gasteiger partial charge in [-0.1, -0.05) is 11.6 Å². The number of halogens is 4. The lowest BCUT2D eigenvalue weighted by atomic mass is 10.3. The number of pyridine rings is 1. The molecule has 0 saturated heterocycles. The molecule has 3 N–H and O–H groups in total. The van der Waals surface area contributed by atoms with E-state index < -0.39 is 17.6 Å². The molecular formula is C11H14ClF3N5O+. The Balaban J connectivity index is 2.58. The second-order valence-corrected chi connectivity index (χ2v) is 4.61. The fourth-order valence-corrected chi connectivity index (χ4v) is 1.43. The Morgan fingerprint density at radius 3 is 2.71 bits per heavy atom. The van der Waals surface area contributed by atoms with Gasteiger partial charge in [-0.05, 0) is 6.07 Å². The van der Waals surface area contributed by atoms with Gasteiger partial charge < -0.3 is 4.90 Å². The third kappa shape index (κ3) is 5.86. The van der Waals surface area contributed by atoms with Gasteiger partial charge in [0.15, 0.2) is 6.54 Å². The number of hydrogen-bond donors (Lipinski definition) is 2. The molecule has 0 aliphatic carbocycles. The van der Waals surface area contributed by atoms with Crippen LogP contribution in [0, 0.1) is 0 Å². The first kappa shape index (κ1) is 17.0. The standard InChI is InChI=1S/C11H13ClF3N5O/c1-20(2)6-18-19-9(21)5-17-10-8(12)3-7(4-16-10)11(13,14)15/h3-4,6H,5H2,1-2H3,(H,16,17)(H,19,21)/p+1/b18-6-. The minimum absolute atomic E-state index is 0.108. The van der Waals surface area contributed by atoms with E-state index in [1.54, 1.807) is 19.0 Å². The van der Waals surface area contributed by atoms with Crippen molar-refractivity contribution < 1.29 is 22.9 Å². The molecule has 0 spiro atoms. The molecule has 21 heavy (non-hydrogen) atoms. The fraction of sp³-hybridized carbons (Fsp3) is 0.364. The van der Waals surface area contributed by atoms with Gasteiger partial charge in [0, 0.05) is 14.1 Å². The molecule has 0 unspecified atom stereocenters. The zero-order valence-electron chi connectivity index (χ0n) is 11.3. The zero-order chi connectivity index (χ0) is 16.0. The highest BCUT2D eigenvalue weighted by Gasteiger charge is 2.32. The molecular weight excluding hydrogens is 311 g/mol. The average molecular weight is 325 g/mol. The second-order valence-electron chi connectivity index (χ2n) is 4.21. The topological polar surface area (TPSA) is 70.9 Å². The number of hydrazone groups is 1. The summed E-state index contributed by atoms with van der Waals surface area (Å²) >= 11 is 5.70. The maximum atomic E-state index is 12.4. The predicted octanol–water partition coefficient (Wildman–Crippen LogP) is 1.21. The molecule has 10 heteroatoms. The van der Waals surface area contributed by atoms with Crippen molar-refractivity contribution in [2.45, 2.75) is 6.18 Å². The lowest BCUT2D eigenvalue weighted by Crippen LogP contribution is -2.29. The van der Waals surface area contributed by atoms with Crippen LogP contribution in [-0.2, 0) is 11.0 Å². The predicted molar refractivity (Wildman–Crippen MR) is 71.8 cm³/mol. The van der Waals surface area contributed by atoms with Crippen LogP contribution in [0.3, 0.4) is 0 Å². The average Bonchev–Trinajstić information content (AvgIpc) is 2.35. The number of alkyl halides is 3. The minimum Gasteiger partial charge on any atom is -0.367 e. The number of carbonyl (C=O) groups excluding carboxylic acids is 1. The Hall–Kier alpha value is -2.03. The van der Waals surface area contributed by atoms with Gasteiger partial charge in [-0.3, -0.25) is 10.1 Å². The van der Waals surface area contributed by atoms with Crippen molar-refractivity contribution in [1.82, 2.24) is 10.3 Å². The molecule has 0 aliphatic rings. The Labute approximate surface area is 124 Å². The number of rotatable bonds is 5. The SMILES string of the molecule is CN(C)/C=N\NC(=O)CNc1[nH+]cc(C(F)(F)F)cc1Cl. The zero-order valence-corrected chi connectivity index (χ0v) is 12.0. The van der Waals surface area contributed by atoms with Crippen LogP contribution in [0.2, 0.25) is 5.02 Å². The summed E-state index contributed by atoms with van der Waals surface area (Å²) in [4.78, 5) is 15.4. The Kier molecular flexibility index (Phi) is 5.77. The van der Waals surface area contributed by atoms with Gasteiger partial charge in [0.2, 0.25) is 0 Å². The van der Waals surface area contributed by atoms with Gasteiger partial charge in [0.05, 0.1) is 5.56 Å². The van der Waals surface area contributed by atoms with Gasteiger partial charge >= 0.3 is 6.18 Å². The number of nitrogens with zero attached hydrogens (tertiary/aromatic N) is 2. The number of H-pyrrole nitrogens is 1. The number of amides is 1. The van der Waals surface area contributed by atoms with Crippen LogP contribution in [0.5, 0.6) is 0 Å². The van der Waals surface area contributed by atoms with E-state index in [0.717, 1.165) is 12.3 Å². The Morgan fingerprint density at radius 2 is 2.19 bits per heavy atom. The molecule has 0 bridgehead atoms. The smallest absolute Gasteiger partial charge is 0.367 e. The number of aromatic amines is 1. The van der Waals surface area contributed by atoms with Crippen molar-refractivity contribution >= 4 is 29.7 Å². The van der Waals surface area contributed by atoms with Gasteiger partial charge in [-0.25, -0.2) is 10.4 Å². The number of carbonyl (C=O) groups is 1. The quantitative estimate of drug-likeness (QED) is 0.486. The van der Waals surface area contributed by atoms with E-state index in [0.29, 0.717) is 0 Å². The van der Waals surface area contributed by atoms with Gasteiger partial charge in [0.1, 0.15) is 17.6 Å². The normalized spacial score (nSPS) is 11.5. The molecule has 1 rings (SSSR count). The maximum Gasteiger partial charge on any atom is 0.419 e. The van der Waals surface area contributed by atoms with Crippen LogP contribution in [0.15, 0.2) is 17.4 Å². The van der Waals surface area contributed by atoms with E-state index in [9.17, 15) is 18.0 Å². The summed E-state index contributed by atoms with van der Waals surface area (Å²) in [6.45, 7) is -0.202. The summed E-state index contributed by atoms with van der Waals surface area (Å²) in [5, 5.41) is 6.02. The third-order valence-electron chi connectivity index (χ3n) is 2.12. The van der Waals surface area contributed by atoms with Crippen molar-refractivity contribution in [1.29, 1.82) is 0 Å². The first-order valence-corrected chi connectivity index (χ1v) is 6.08. The molecule has 1 aromatic rings. The van der Waals surface area contributed by atoms with Crippen LogP contribution in [0.25, 0.3) is 0 Å². The number of aromatic nitrogens is 1. The van der Waals surface area contributed by atoms with Gasteiger partial charge in [-0.15, -0.1) is 0 Å². The number of hydrogen-bond acceptors (Lipinski definition) is 3. The molecule has 1 heterocycles. The van der Waals surface area contributed by atoms with Crippen molar-refractivity contribution in [3.63, 3.8) is 0 Å². The summed E-state index contributed by atoms with van der Waals surface area (Å²) in [6.07, 6.45) is -2.34. The van der Waals surface area contributed by atoms with Crippen LogP contribution in [0.1, 0.15) is 5.56 Å². The van der Waals surface area contributed by atoms with Crippen molar-refractivity contribution in [2.75, 3.05) is 26.0 Å². The second kappa shape index (κ2) is 7.11. The lowest BCUT2D eigenvalue weighted by Gasteiger charge is -2.06. The van der Waals surface area contributed by atoms with Crippen LogP contribution in [0.4, 0.5) is 19.0 Å². The minimum atomic E-state index is -4.49. The van der Waals surface area contributed by atoms with Crippen LogP contribution in [-0.4, -0.2) is 37.8 Å². The highest BCUT2D eigenvalue weighted by atomic mass is 35.5. The van der Waals surface area contributed by atoms with Gasteiger partial charge in [-0.2, -0.15) is 18.3 Å². The third-order valence-corrected chi connectivity index (χ3v) is 2.42. The summed E-state index contributed by atoms with van der Waals surface area (Å²) in [5.74, 6) is -0.367. The largest absolute Gasteiger partial charge is 0.419 e. The molecule has 116 valence electrons. The van der Waals surface area contributed by atoms with E-state index >= 15 is 0 Å². The van der Waals surface area contributed by atoms with Crippen molar-refractivity contribution in [3.8, 4) is 0 Å². The van der Waals surface area contributed by atoms with E-state index in [-0.39, 0.29) is 17.4 Å². The molecule has 0 atom stereocenters. The summed E-state index contributed by atoms with van der Waals surface area (Å²) in [5.41, 5.74) is 1.32. The molecule has 0 radical (unpaired) electrons. The number of nitrogens with one attached hydrogen (secondary N) is 3. The first-order valence-electron chi connectivity index (χ1n) is 5.71. The Morgan fingerprint density at radius 1 is 1.52 bits per heavy atom. The molecule has 0 aliphatic heterocycles. The lowest BCUT2D eigenvalue weighted by molar-refractivity contribution is -0.364. The number of anilines is 1. The monoisotopic (exact) mass is 324 g/mol. The van der Waals surface area contributed by atoms with E-state index in [1.807, 2.05) is 0 Å². The fourth-order valence-electron chi connectivity index (χ4n) is 1.19. The molecule has 1 aromatic heterocycles. The Bertz CT molecular complexity index is 533. The summed E-state index contributed by atoms with van der Waals surface area (Å²) in [7, 11) is 3.45. The van der Waals surface area contributed by atoms with E-state index in [2.05, 4.69) is 20.8 Å². The van der Waals surface area contributed by atoms with Crippen LogP contribution < -0.4 is 15.7 Å². The summed E-state index contributed by atoms with van der Waals surface area (Å²) in [6, 6.07) is 0.766.